The van der Waals surface area contributed by atoms with E-state index in [0.717, 1.165) is 0 Å². The number of carbonyl (C=O) groups is 2. The number of hydrogen-bond donors (Lipinski definition) is 1. The van der Waals surface area contributed by atoms with Crippen molar-refractivity contribution in [2.75, 3.05) is 0 Å². The van der Waals surface area contributed by atoms with Crippen LogP contribution in [-0.2, 0) is 11.3 Å². The molecule has 5 heteroatoms. The van der Waals surface area contributed by atoms with E-state index < -0.39 is 17.8 Å². The zero-order valence-electron chi connectivity index (χ0n) is 10.4. The van der Waals surface area contributed by atoms with Crippen LogP contribution in [0.25, 0.3) is 0 Å². The quantitative estimate of drug-likeness (QED) is 0.871. The number of hydrogen-bond acceptors (Lipinski definition) is 3. The van der Waals surface area contributed by atoms with E-state index >= 15 is 0 Å². The lowest BCUT2D eigenvalue weighted by Crippen LogP contribution is -2.05. The van der Waals surface area contributed by atoms with Crippen molar-refractivity contribution in [3.05, 3.63) is 71.0 Å². The highest BCUT2D eigenvalue weighted by Crippen LogP contribution is 2.09. The topological polar surface area (TPSA) is 63.6 Å². The Morgan fingerprint density at radius 1 is 0.950 bits per heavy atom. The third kappa shape index (κ3) is 3.41. The second-order valence-electron chi connectivity index (χ2n) is 4.09. The fourth-order valence-electron chi connectivity index (χ4n) is 1.56. The molecule has 0 spiro atoms. The van der Waals surface area contributed by atoms with Crippen LogP contribution >= 0.6 is 0 Å². The Kier molecular flexibility index (Phi) is 4.10. The van der Waals surface area contributed by atoms with Crippen LogP contribution < -0.4 is 0 Å². The lowest BCUT2D eigenvalue weighted by molar-refractivity contribution is 0.0472. The molecule has 0 bridgehead atoms. The van der Waals surface area contributed by atoms with Gasteiger partial charge in [0.15, 0.2) is 0 Å². The fourth-order valence-corrected chi connectivity index (χ4v) is 1.56. The molecule has 4 nitrogen and oxygen atoms in total. The number of benzene rings is 2. The van der Waals surface area contributed by atoms with Gasteiger partial charge in [-0.15, -0.1) is 0 Å². The lowest BCUT2D eigenvalue weighted by Gasteiger charge is -2.05. The molecule has 0 aliphatic rings. The van der Waals surface area contributed by atoms with Crippen LogP contribution in [-0.4, -0.2) is 17.0 Å². The minimum Gasteiger partial charge on any atom is -0.478 e. The van der Waals surface area contributed by atoms with Gasteiger partial charge in [0.1, 0.15) is 12.4 Å². The average Bonchev–Trinajstić information content (AvgIpc) is 2.46. The van der Waals surface area contributed by atoms with Gasteiger partial charge in [-0.3, -0.25) is 0 Å². The summed E-state index contributed by atoms with van der Waals surface area (Å²) in [7, 11) is 0. The Labute approximate surface area is 114 Å². The van der Waals surface area contributed by atoms with E-state index in [1.807, 2.05) is 0 Å². The molecule has 0 aromatic heterocycles. The average molecular weight is 274 g/mol. The highest BCUT2D eigenvalue weighted by molar-refractivity contribution is 5.89. The summed E-state index contributed by atoms with van der Waals surface area (Å²) in [6, 6.07) is 11.0. The molecule has 2 rings (SSSR count). The van der Waals surface area contributed by atoms with E-state index in [1.54, 1.807) is 12.1 Å². The fraction of sp³-hybridized carbons (Fsp3) is 0.0667. The molecular formula is C15H11FO4. The summed E-state index contributed by atoms with van der Waals surface area (Å²) < 4.78 is 17.7. The van der Waals surface area contributed by atoms with Crippen molar-refractivity contribution >= 4 is 11.9 Å². The highest BCUT2D eigenvalue weighted by Gasteiger charge is 2.08. The van der Waals surface area contributed by atoms with E-state index in [1.165, 1.54) is 36.4 Å². The Morgan fingerprint density at radius 2 is 1.50 bits per heavy atom. The number of carboxylic acids is 1. The van der Waals surface area contributed by atoms with Gasteiger partial charge in [0, 0.05) is 0 Å². The first-order valence-corrected chi connectivity index (χ1v) is 5.81. The number of carbonyl (C=O) groups excluding carboxylic acids is 1. The predicted molar refractivity (Wildman–Crippen MR) is 68.9 cm³/mol. The number of carboxylic acid groups (broad SMARTS) is 1. The number of aromatic carboxylic acids is 1. The van der Waals surface area contributed by atoms with Crippen molar-refractivity contribution in [3.63, 3.8) is 0 Å². The van der Waals surface area contributed by atoms with E-state index in [2.05, 4.69) is 0 Å². The van der Waals surface area contributed by atoms with Crippen molar-refractivity contribution < 1.29 is 23.8 Å². The van der Waals surface area contributed by atoms with Crippen LogP contribution in [0.3, 0.4) is 0 Å². The maximum Gasteiger partial charge on any atom is 0.338 e. The highest BCUT2D eigenvalue weighted by atomic mass is 19.1. The van der Waals surface area contributed by atoms with Gasteiger partial charge >= 0.3 is 11.9 Å². The van der Waals surface area contributed by atoms with Gasteiger partial charge in [-0.25, -0.2) is 14.0 Å². The zero-order valence-corrected chi connectivity index (χ0v) is 10.4. The molecule has 0 saturated heterocycles. The van der Waals surface area contributed by atoms with Crippen molar-refractivity contribution in [3.8, 4) is 0 Å². The van der Waals surface area contributed by atoms with E-state index in [4.69, 9.17) is 9.84 Å². The maximum atomic E-state index is 12.7. The Bertz CT molecular complexity index is 617. The summed E-state index contributed by atoms with van der Waals surface area (Å²) in [4.78, 5) is 22.3. The molecule has 2 aromatic carbocycles. The van der Waals surface area contributed by atoms with Gasteiger partial charge in [0.25, 0.3) is 0 Å². The Morgan fingerprint density at radius 3 is 2.05 bits per heavy atom. The van der Waals surface area contributed by atoms with Crippen LogP contribution in [0.5, 0.6) is 0 Å². The summed E-state index contributed by atoms with van der Waals surface area (Å²) in [5.74, 6) is -2.00. The smallest absolute Gasteiger partial charge is 0.338 e. The molecule has 0 heterocycles. The molecule has 0 fully saturated rings. The summed E-state index contributed by atoms with van der Waals surface area (Å²) in [6.45, 7) is 0.0239. The van der Waals surface area contributed by atoms with Gasteiger partial charge in [-0.05, 0) is 42.0 Å². The molecule has 0 unspecified atom stereocenters. The first-order valence-electron chi connectivity index (χ1n) is 5.81. The zero-order chi connectivity index (χ0) is 14.5. The van der Waals surface area contributed by atoms with Crippen LogP contribution in [0.4, 0.5) is 4.39 Å². The van der Waals surface area contributed by atoms with Crippen LogP contribution in [0, 0.1) is 5.82 Å². The van der Waals surface area contributed by atoms with Crippen molar-refractivity contribution in [1.82, 2.24) is 0 Å². The third-order valence-electron chi connectivity index (χ3n) is 2.65. The van der Waals surface area contributed by atoms with Gasteiger partial charge in [-0.1, -0.05) is 12.1 Å². The lowest BCUT2D eigenvalue weighted by atomic mass is 10.1. The van der Waals surface area contributed by atoms with Crippen molar-refractivity contribution in [2.45, 2.75) is 6.61 Å². The van der Waals surface area contributed by atoms with Crippen molar-refractivity contribution in [2.24, 2.45) is 0 Å². The van der Waals surface area contributed by atoms with Crippen molar-refractivity contribution in [1.29, 1.82) is 0 Å². The molecule has 0 saturated carbocycles. The van der Waals surface area contributed by atoms with Gasteiger partial charge in [0.05, 0.1) is 11.1 Å². The predicted octanol–water partition coefficient (Wildman–Crippen LogP) is 2.88. The number of esters is 1. The molecule has 0 aliphatic carbocycles. The first kappa shape index (κ1) is 13.7. The molecular weight excluding hydrogens is 263 g/mol. The van der Waals surface area contributed by atoms with E-state index in [9.17, 15) is 14.0 Å². The molecule has 0 amide bonds. The molecule has 0 atom stereocenters. The van der Waals surface area contributed by atoms with Crippen LogP contribution in [0.15, 0.2) is 48.5 Å². The second kappa shape index (κ2) is 5.97. The SMILES string of the molecule is O=C(O)c1ccc(COC(=O)c2ccc(F)cc2)cc1. The largest absolute Gasteiger partial charge is 0.478 e. The van der Waals surface area contributed by atoms with E-state index in [0.29, 0.717) is 5.56 Å². The summed E-state index contributed by atoms with van der Waals surface area (Å²) in [5, 5.41) is 8.75. The maximum absolute atomic E-state index is 12.7. The monoisotopic (exact) mass is 274 g/mol. The first-order chi connectivity index (χ1) is 9.56. The van der Waals surface area contributed by atoms with Gasteiger partial charge in [-0.2, -0.15) is 0 Å². The van der Waals surface area contributed by atoms with Gasteiger partial charge < -0.3 is 9.84 Å². The van der Waals surface area contributed by atoms with Crippen LogP contribution in [0.2, 0.25) is 0 Å². The minimum atomic E-state index is -1.01. The molecule has 0 radical (unpaired) electrons. The molecule has 2 aromatic rings. The van der Waals surface area contributed by atoms with Crippen LogP contribution in [0.1, 0.15) is 26.3 Å². The summed E-state index contributed by atoms with van der Waals surface area (Å²) in [6.07, 6.45) is 0. The number of ether oxygens (including phenoxy) is 1. The summed E-state index contributed by atoms with van der Waals surface area (Å²) in [5.41, 5.74) is 1.10. The molecule has 102 valence electrons. The minimum absolute atomic E-state index is 0.0239. The number of halogens is 1. The van der Waals surface area contributed by atoms with E-state index in [-0.39, 0.29) is 17.7 Å². The molecule has 20 heavy (non-hydrogen) atoms. The summed E-state index contributed by atoms with van der Waals surface area (Å²) >= 11 is 0. The Hall–Kier alpha value is -2.69. The van der Waals surface area contributed by atoms with Gasteiger partial charge in [0.2, 0.25) is 0 Å². The second-order valence-corrected chi connectivity index (χ2v) is 4.09. The molecule has 1 N–H and O–H groups in total. The number of rotatable bonds is 4. The molecule has 0 aliphatic heterocycles. The third-order valence-corrected chi connectivity index (χ3v) is 2.65. The standard InChI is InChI=1S/C15H11FO4/c16-13-7-5-12(6-8-13)15(19)20-9-10-1-3-11(4-2-10)14(17)18/h1-8H,9H2,(H,17,18). The Balaban J connectivity index is 1.96. The normalized spacial score (nSPS) is 10.1.